The summed E-state index contributed by atoms with van der Waals surface area (Å²) in [5, 5.41) is 36.9. The van der Waals surface area contributed by atoms with Crippen LogP contribution in [0.4, 0.5) is 0 Å². The lowest BCUT2D eigenvalue weighted by atomic mass is 9.60. The van der Waals surface area contributed by atoms with Crippen molar-refractivity contribution in [3.05, 3.63) is 53.0 Å². The first-order valence-corrected chi connectivity index (χ1v) is 9.20. The average molecular weight is 376 g/mol. The summed E-state index contributed by atoms with van der Waals surface area (Å²) in [6.45, 7) is 6.21. The molecule has 1 aromatic heterocycles. The summed E-state index contributed by atoms with van der Waals surface area (Å²) in [4.78, 5) is 6.28. The number of aliphatic hydroxyl groups is 1. The van der Waals surface area contributed by atoms with E-state index in [2.05, 4.69) is 35.0 Å². The molecule has 3 N–H and O–H groups in total. The van der Waals surface area contributed by atoms with Gasteiger partial charge in [-0.3, -0.25) is 9.88 Å². The molecule has 2 aliphatic rings. The van der Waals surface area contributed by atoms with Crippen LogP contribution in [-0.2, 0) is 0 Å². The number of nitrogens with zero attached hydrogens (tertiary/aromatic N) is 5. The van der Waals surface area contributed by atoms with Crippen molar-refractivity contribution in [3.8, 4) is 18.2 Å². The zero-order valence-corrected chi connectivity index (χ0v) is 16.1. The number of hydrogen-bond acceptors (Lipinski definition) is 7. The van der Waals surface area contributed by atoms with Gasteiger partial charge in [0.25, 0.3) is 0 Å². The van der Waals surface area contributed by atoms with Crippen LogP contribution in [0.3, 0.4) is 0 Å². The third kappa shape index (κ3) is 3.49. The van der Waals surface area contributed by atoms with Crippen molar-refractivity contribution in [1.29, 1.82) is 15.8 Å². The van der Waals surface area contributed by atoms with Crippen LogP contribution < -0.4 is 5.73 Å². The summed E-state index contributed by atoms with van der Waals surface area (Å²) < 4.78 is 0. The third-order valence-corrected chi connectivity index (χ3v) is 5.23. The first kappa shape index (κ1) is 21.1. The van der Waals surface area contributed by atoms with Crippen LogP contribution in [0.2, 0.25) is 0 Å². The van der Waals surface area contributed by atoms with Gasteiger partial charge in [0.15, 0.2) is 0 Å². The van der Waals surface area contributed by atoms with E-state index in [1.165, 1.54) is 0 Å². The lowest BCUT2D eigenvalue weighted by molar-refractivity contribution is 0.234. The van der Waals surface area contributed by atoms with Crippen molar-refractivity contribution in [2.75, 3.05) is 26.2 Å². The summed E-state index contributed by atoms with van der Waals surface area (Å²) in [5.74, 6) is -0.416. The number of allylic oxidation sites excluding steroid dienone is 2. The molecule has 0 amide bonds. The van der Waals surface area contributed by atoms with Gasteiger partial charge in [-0.2, -0.15) is 15.8 Å². The predicted molar refractivity (Wildman–Crippen MR) is 104 cm³/mol. The smallest absolute Gasteiger partial charge is 0.204 e. The molecule has 1 aromatic rings. The fourth-order valence-electron chi connectivity index (χ4n) is 3.90. The lowest BCUT2D eigenvalue weighted by Gasteiger charge is -2.44. The third-order valence-electron chi connectivity index (χ3n) is 5.23. The van der Waals surface area contributed by atoms with Crippen LogP contribution in [0.15, 0.2) is 47.4 Å². The minimum atomic E-state index is -1.56. The molecule has 1 aliphatic carbocycles. The summed E-state index contributed by atoms with van der Waals surface area (Å²) in [6.07, 6.45) is 5.31. The van der Waals surface area contributed by atoms with Crippen molar-refractivity contribution in [2.45, 2.75) is 19.8 Å². The molecule has 0 bridgehead atoms. The Labute approximate surface area is 165 Å². The van der Waals surface area contributed by atoms with Gasteiger partial charge in [-0.15, -0.1) is 0 Å². The van der Waals surface area contributed by atoms with Crippen LogP contribution in [0.25, 0.3) is 0 Å². The highest BCUT2D eigenvalue weighted by molar-refractivity contribution is 5.58. The van der Waals surface area contributed by atoms with Gasteiger partial charge in [0.05, 0.1) is 29.5 Å². The van der Waals surface area contributed by atoms with Crippen LogP contribution in [0, 0.1) is 45.3 Å². The van der Waals surface area contributed by atoms with Gasteiger partial charge in [0, 0.05) is 43.9 Å². The Morgan fingerprint density at radius 3 is 2.36 bits per heavy atom. The Morgan fingerprint density at radius 2 is 1.86 bits per heavy atom. The molecule has 2 heterocycles. The largest absolute Gasteiger partial charge is 0.399 e. The van der Waals surface area contributed by atoms with Crippen LogP contribution in [0.5, 0.6) is 0 Å². The van der Waals surface area contributed by atoms with Gasteiger partial charge in [-0.25, -0.2) is 0 Å². The van der Waals surface area contributed by atoms with Crippen molar-refractivity contribution < 1.29 is 5.11 Å². The second-order valence-corrected chi connectivity index (χ2v) is 6.61. The molecule has 0 radical (unpaired) electrons. The summed E-state index contributed by atoms with van der Waals surface area (Å²) >= 11 is 0. The molecular weight excluding hydrogens is 352 g/mol. The summed E-state index contributed by atoms with van der Waals surface area (Å²) in [6, 6.07) is 10.1. The maximum atomic E-state index is 9.78. The molecule has 1 aliphatic heterocycles. The number of nitriles is 3. The molecule has 144 valence electrons. The highest BCUT2D eigenvalue weighted by Crippen LogP contribution is 2.52. The standard InChI is InChI=1S/C19H18N6.C2H6O/c1-2-25-8-5-16-15(10-25)17(13-3-6-24-7-4-13)14(9-20)18(23)19(16,11-21)12-22;1-2-3/h3-7,15,17H,2,8,10,23H2,1H3;3H,2H2,1H3. The average Bonchev–Trinajstić information content (AvgIpc) is 2.74. The molecule has 7 heteroatoms. The molecule has 0 saturated carbocycles. The fraction of sp³-hybridized carbons (Fsp3) is 0.429. The van der Waals surface area contributed by atoms with E-state index in [9.17, 15) is 15.8 Å². The van der Waals surface area contributed by atoms with Crippen LogP contribution in [0.1, 0.15) is 25.3 Å². The first-order valence-electron chi connectivity index (χ1n) is 9.20. The van der Waals surface area contributed by atoms with Crippen molar-refractivity contribution >= 4 is 0 Å². The second-order valence-electron chi connectivity index (χ2n) is 6.61. The van der Waals surface area contributed by atoms with Gasteiger partial charge in [0.1, 0.15) is 0 Å². The molecule has 3 rings (SSSR count). The van der Waals surface area contributed by atoms with Gasteiger partial charge in [-0.05, 0) is 36.7 Å². The van der Waals surface area contributed by atoms with Gasteiger partial charge in [-0.1, -0.05) is 13.0 Å². The van der Waals surface area contributed by atoms with E-state index in [1.807, 2.05) is 18.2 Å². The van der Waals surface area contributed by atoms with Crippen molar-refractivity contribution in [3.63, 3.8) is 0 Å². The molecule has 28 heavy (non-hydrogen) atoms. The Bertz CT molecular complexity index is 870. The maximum absolute atomic E-state index is 9.78. The number of pyridine rings is 1. The minimum Gasteiger partial charge on any atom is -0.399 e. The number of nitrogens with two attached hydrogens (primary N) is 1. The summed E-state index contributed by atoms with van der Waals surface area (Å²) in [7, 11) is 0. The summed E-state index contributed by atoms with van der Waals surface area (Å²) in [5.41, 5.74) is 6.70. The van der Waals surface area contributed by atoms with E-state index in [0.717, 1.165) is 17.7 Å². The molecule has 7 nitrogen and oxygen atoms in total. The van der Waals surface area contributed by atoms with E-state index in [0.29, 0.717) is 18.7 Å². The van der Waals surface area contributed by atoms with Gasteiger partial charge >= 0.3 is 0 Å². The minimum absolute atomic E-state index is 0.0641. The normalized spacial score (nSPS) is 23.1. The second kappa shape index (κ2) is 9.15. The number of aromatic nitrogens is 1. The van der Waals surface area contributed by atoms with E-state index in [1.54, 1.807) is 19.3 Å². The Hall–Kier alpha value is -3.18. The monoisotopic (exact) mass is 376 g/mol. The number of aliphatic hydroxyl groups excluding tert-OH is 1. The molecule has 2 atom stereocenters. The Balaban J connectivity index is 0.000000878. The molecule has 2 unspecified atom stereocenters. The number of fused-ring (bicyclic) bond motifs is 1. The number of likely N-dealkylation sites (N-methyl/N-ethyl adjacent to an activating group) is 1. The van der Waals surface area contributed by atoms with E-state index in [4.69, 9.17) is 10.8 Å². The highest BCUT2D eigenvalue weighted by atomic mass is 16.2. The zero-order valence-electron chi connectivity index (χ0n) is 16.1. The van der Waals surface area contributed by atoms with Crippen molar-refractivity contribution in [2.24, 2.45) is 17.1 Å². The molecule has 0 aromatic carbocycles. The van der Waals surface area contributed by atoms with E-state index in [-0.39, 0.29) is 24.1 Å². The molecule has 0 fully saturated rings. The molecule has 0 saturated heterocycles. The van der Waals surface area contributed by atoms with Crippen LogP contribution in [-0.4, -0.2) is 41.2 Å². The molecule has 0 spiro atoms. The Kier molecular flexibility index (Phi) is 6.90. The van der Waals surface area contributed by atoms with E-state index < -0.39 is 5.41 Å². The SMILES string of the molecule is CCN1CC=C2C(C1)C(c1ccncc1)C(C#N)=C(N)C2(C#N)C#N.CCO. The first-order chi connectivity index (χ1) is 13.5. The fourth-order valence-corrected chi connectivity index (χ4v) is 3.90. The highest BCUT2D eigenvalue weighted by Gasteiger charge is 2.52. The van der Waals surface area contributed by atoms with Gasteiger partial charge in [0.2, 0.25) is 5.41 Å². The predicted octanol–water partition coefficient (Wildman–Crippen LogP) is 1.83. The van der Waals surface area contributed by atoms with Gasteiger partial charge < -0.3 is 10.8 Å². The zero-order chi connectivity index (χ0) is 20.7. The van der Waals surface area contributed by atoms with Crippen molar-refractivity contribution in [1.82, 2.24) is 9.88 Å². The molecular formula is C21H24N6O. The van der Waals surface area contributed by atoms with Crippen LogP contribution >= 0.6 is 0 Å². The quantitative estimate of drug-likeness (QED) is 0.752. The maximum Gasteiger partial charge on any atom is 0.204 e. The lowest BCUT2D eigenvalue weighted by Crippen LogP contribution is -2.47. The number of rotatable bonds is 2. The van der Waals surface area contributed by atoms with E-state index >= 15 is 0 Å². The number of hydrogen-bond donors (Lipinski definition) is 2. The Morgan fingerprint density at radius 1 is 1.25 bits per heavy atom. The topological polar surface area (TPSA) is 134 Å².